The SMILES string of the molecule is NCCCC[C@H](NC(=O)[C@@H](N)Cc1ccc(O)cc1)C(=O)N1CCC[C@H]1C(=O)O. The molecule has 2 rings (SSSR count). The quantitative estimate of drug-likeness (QED) is 0.341. The third kappa shape index (κ3) is 6.43. The van der Waals surface area contributed by atoms with Gasteiger partial charge in [-0.1, -0.05) is 12.1 Å². The second kappa shape index (κ2) is 10.8. The summed E-state index contributed by atoms with van der Waals surface area (Å²) >= 11 is 0. The van der Waals surface area contributed by atoms with Gasteiger partial charge in [-0.3, -0.25) is 9.59 Å². The molecule has 1 aromatic rings. The molecule has 2 amide bonds. The van der Waals surface area contributed by atoms with Crippen molar-refractivity contribution in [1.29, 1.82) is 0 Å². The standard InChI is InChI=1S/C20H30N4O5/c21-10-2-1-4-16(19(27)24-11-3-5-17(24)20(28)29)23-18(26)15(22)12-13-6-8-14(25)9-7-13/h6-9,15-17,25H,1-5,10-12,21-22H2,(H,23,26)(H,28,29)/t15-,16-,17-/m0/s1. The van der Waals surface area contributed by atoms with Crippen molar-refractivity contribution in [1.82, 2.24) is 10.2 Å². The van der Waals surface area contributed by atoms with Crippen LogP contribution in [0, 0.1) is 0 Å². The first-order valence-corrected chi connectivity index (χ1v) is 9.90. The zero-order valence-corrected chi connectivity index (χ0v) is 16.4. The highest BCUT2D eigenvalue weighted by molar-refractivity contribution is 5.92. The van der Waals surface area contributed by atoms with Crippen LogP contribution in [0.25, 0.3) is 0 Å². The minimum atomic E-state index is -1.04. The Hall–Kier alpha value is -2.65. The summed E-state index contributed by atoms with van der Waals surface area (Å²) in [6.45, 7) is 0.829. The molecule has 1 saturated heterocycles. The van der Waals surface area contributed by atoms with Gasteiger partial charge in [0, 0.05) is 6.54 Å². The van der Waals surface area contributed by atoms with E-state index < -0.39 is 35.9 Å². The van der Waals surface area contributed by atoms with Gasteiger partial charge in [0.15, 0.2) is 0 Å². The van der Waals surface area contributed by atoms with Gasteiger partial charge in [0.2, 0.25) is 11.8 Å². The summed E-state index contributed by atoms with van der Waals surface area (Å²) in [5.74, 6) is -1.78. The van der Waals surface area contributed by atoms with Gasteiger partial charge in [0.25, 0.3) is 0 Å². The predicted molar refractivity (Wildman–Crippen MR) is 107 cm³/mol. The van der Waals surface area contributed by atoms with Crippen molar-refractivity contribution in [2.75, 3.05) is 13.1 Å². The first-order valence-electron chi connectivity index (χ1n) is 9.90. The van der Waals surface area contributed by atoms with Crippen molar-refractivity contribution < 1.29 is 24.6 Å². The maximum absolute atomic E-state index is 13.0. The number of likely N-dealkylation sites (tertiary alicyclic amines) is 1. The predicted octanol–water partition coefficient (Wildman–Crippen LogP) is -0.0486. The molecule has 1 aliphatic heterocycles. The molecule has 1 aromatic carbocycles. The number of nitrogens with one attached hydrogen (secondary N) is 1. The van der Waals surface area contributed by atoms with Crippen LogP contribution >= 0.6 is 0 Å². The number of hydrogen-bond donors (Lipinski definition) is 5. The molecular formula is C20H30N4O5. The normalized spacial score (nSPS) is 18.3. The third-order valence-electron chi connectivity index (χ3n) is 5.11. The molecule has 0 radical (unpaired) electrons. The Morgan fingerprint density at radius 3 is 2.52 bits per heavy atom. The molecule has 1 heterocycles. The highest BCUT2D eigenvalue weighted by atomic mass is 16.4. The van der Waals surface area contributed by atoms with E-state index in [1.165, 1.54) is 17.0 Å². The zero-order valence-electron chi connectivity index (χ0n) is 16.4. The zero-order chi connectivity index (χ0) is 21.4. The number of carboxylic acid groups (broad SMARTS) is 1. The molecule has 1 aliphatic rings. The number of amides is 2. The fraction of sp³-hybridized carbons (Fsp3) is 0.550. The Balaban J connectivity index is 2.04. The average molecular weight is 406 g/mol. The van der Waals surface area contributed by atoms with E-state index in [1.807, 2.05) is 0 Å². The molecule has 160 valence electrons. The second-order valence-corrected chi connectivity index (χ2v) is 7.35. The van der Waals surface area contributed by atoms with E-state index in [1.54, 1.807) is 12.1 Å². The fourth-order valence-electron chi connectivity index (χ4n) is 3.49. The lowest BCUT2D eigenvalue weighted by Gasteiger charge is -2.28. The van der Waals surface area contributed by atoms with Crippen LogP contribution in [-0.4, -0.2) is 64.1 Å². The Labute approximate surface area is 170 Å². The number of phenolic OH excluding ortho intramolecular Hbond substituents is 1. The molecule has 0 unspecified atom stereocenters. The first kappa shape index (κ1) is 22.6. The van der Waals surface area contributed by atoms with Crippen molar-refractivity contribution >= 4 is 17.8 Å². The fourth-order valence-corrected chi connectivity index (χ4v) is 3.49. The van der Waals surface area contributed by atoms with Crippen LogP contribution in [0.2, 0.25) is 0 Å². The molecule has 0 saturated carbocycles. The van der Waals surface area contributed by atoms with Gasteiger partial charge in [0.1, 0.15) is 17.8 Å². The van der Waals surface area contributed by atoms with Crippen molar-refractivity contribution in [3.8, 4) is 5.75 Å². The molecule has 0 aromatic heterocycles. The monoisotopic (exact) mass is 406 g/mol. The molecule has 9 nitrogen and oxygen atoms in total. The minimum absolute atomic E-state index is 0.121. The van der Waals surface area contributed by atoms with Gasteiger partial charge in [-0.2, -0.15) is 0 Å². The number of phenols is 1. The maximum atomic E-state index is 13.0. The lowest BCUT2D eigenvalue weighted by Crippen LogP contribution is -2.54. The van der Waals surface area contributed by atoms with Crippen molar-refractivity contribution in [2.24, 2.45) is 11.5 Å². The highest BCUT2D eigenvalue weighted by Crippen LogP contribution is 2.20. The molecule has 0 spiro atoms. The van der Waals surface area contributed by atoms with Gasteiger partial charge < -0.3 is 31.9 Å². The molecule has 1 fully saturated rings. The molecular weight excluding hydrogens is 376 g/mol. The summed E-state index contributed by atoms with van der Waals surface area (Å²) in [4.78, 5) is 38.3. The number of carbonyl (C=O) groups is 3. The third-order valence-corrected chi connectivity index (χ3v) is 5.11. The van der Waals surface area contributed by atoms with Crippen LogP contribution in [0.15, 0.2) is 24.3 Å². The number of carbonyl (C=O) groups excluding carboxylic acids is 2. The van der Waals surface area contributed by atoms with Gasteiger partial charge in [-0.15, -0.1) is 0 Å². The Bertz CT molecular complexity index is 709. The Kier molecular flexibility index (Phi) is 8.41. The molecule has 7 N–H and O–H groups in total. The van der Waals surface area contributed by atoms with Crippen molar-refractivity contribution in [2.45, 2.75) is 56.7 Å². The molecule has 3 atom stereocenters. The van der Waals surface area contributed by atoms with E-state index in [9.17, 15) is 24.6 Å². The number of benzene rings is 1. The van der Waals surface area contributed by atoms with Crippen LogP contribution in [0.4, 0.5) is 0 Å². The van der Waals surface area contributed by atoms with Crippen LogP contribution in [0.5, 0.6) is 5.75 Å². The van der Waals surface area contributed by atoms with Crippen LogP contribution in [-0.2, 0) is 20.8 Å². The number of hydrogen-bond acceptors (Lipinski definition) is 6. The highest BCUT2D eigenvalue weighted by Gasteiger charge is 2.37. The molecule has 0 bridgehead atoms. The van der Waals surface area contributed by atoms with E-state index in [2.05, 4.69) is 5.32 Å². The lowest BCUT2D eigenvalue weighted by molar-refractivity contribution is -0.149. The first-order chi connectivity index (χ1) is 13.8. The minimum Gasteiger partial charge on any atom is -0.508 e. The van der Waals surface area contributed by atoms with E-state index in [4.69, 9.17) is 11.5 Å². The van der Waals surface area contributed by atoms with Crippen LogP contribution < -0.4 is 16.8 Å². The summed E-state index contributed by atoms with van der Waals surface area (Å²) in [6.07, 6.45) is 2.97. The molecule has 0 aliphatic carbocycles. The number of aromatic hydroxyl groups is 1. The van der Waals surface area contributed by atoms with Crippen molar-refractivity contribution in [3.05, 3.63) is 29.8 Å². The second-order valence-electron chi connectivity index (χ2n) is 7.35. The largest absolute Gasteiger partial charge is 0.508 e. The van der Waals surface area contributed by atoms with Crippen LogP contribution in [0.3, 0.4) is 0 Å². The lowest BCUT2D eigenvalue weighted by atomic mass is 10.0. The summed E-state index contributed by atoms with van der Waals surface area (Å²) < 4.78 is 0. The number of rotatable bonds is 10. The Morgan fingerprint density at radius 2 is 1.90 bits per heavy atom. The van der Waals surface area contributed by atoms with Gasteiger partial charge in [0.05, 0.1) is 6.04 Å². The van der Waals surface area contributed by atoms with E-state index >= 15 is 0 Å². The number of unbranched alkanes of at least 4 members (excludes halogenated alkanes) is 1. The summed E-state index contributed by atoms with van der Waals surface area (Å²) in [7, 11) is 0. The smallest absolute Gasteiger partial charge is 0.326 e. The number of nitrogens with two attached hydrogens (primary N) is 2. The maximum Gasteiger partial charge on any atom is 0.326 e. The van der Waals surface area contributed by atoms with Gasteiger partial charge in [-0.25, -0.2) is 4.79 Å². The van der Waals surface area contributed by atoms with Crippen molar-refractivity contribution in [3.63, 3.8) is 0 Å². The summed E-state index contributed by atoms with van der Waals surface area (Å²) in [6, 6.07) is 3.80. The van der Waals surface area contributed by atoms with E-state index in [0.29, 0.717) is 45.2 Å². The van der Waals surface area contributed by atoms with E-state index in [-0.39, 0.29) is 12.2 Å². The topological polar surface area (TPSA) is 159 Å². The average Bonchev–Trinajstić information content (AvgIpc) is 3.18. The summed E-state index contributed by atoms with van der Waals surface area (Å²) in [5, 5.41) is 21.4. The van der Waals surface area contributed by atoms with Crippen LogP contribution in [0.1, 0.15) is 37.7 Å². The van der Waals surface area contributed by atoms with Gasteiger partial charge >= 0.3 is 5.97 Å². The Morgan fingerprint density at radius 1 is 1.21 bits per heavy atom. The summed E-state index contributed by atoms with van der Waals surface area (Å²) in [5.41, 5.74) is 12.3. The number of nitrogens with zero attached hydrogens (tertiary/aromatic N) is 1. The molecule has 29 heavy (non-hydrogen) atoms. The molecule has 9 heteroatoms. The number of carboxylic acids is 1. The van der Waals surface area contributed by atoms with E-state index in [0.717, 1.165) is 5.56 Å². The van der Waals surface area contributed by atoms with Gasteiger partial charge in [-0.05, 0) is 62.8 Å². The number of aliphatic carboxylic acids is 1.